The van der Waals surface area contributed by atoms with Gasteiger partial charge in [0.1, 0.15) is 17.0 Å². The van der Waals surface area contributed by atoms with Gasteiger partial charge in [-0.2, -0.15) is 0 Å². The van der Waals surface area contributed by atoms with Crippen molar-refractivity contribution in [1.29, 1.82) is 0 Å². The van der Waals surface area contributed by atoms with Gasteiger partial charge in [-0.3, -0.25) is 0 Å². The Morgan fingerprint density at radius 1 is 1.19 bits per heavy atom. The van der Waals surface area contributed by atoms with E-state index in [0.717, 1.165) is 34.0 Å². The lowest BCUT2D eigenvalue weighted by Crippen LogP contribution is -2.03. The van der Waals surface area contributed by atoms with Gasteiger partial charge in [0, 0.05) is 24.1 Å². The minimum atomic E-state index is 0.586. The molecule has 2 heterocycles. The lowest BCUT2D eigenvalue weighted by molar-refractivity contribution is 0.976. The lowest BCUT2D eigenvalue weighted by atomic mass is 10.2. The van der Waals surface area contributed by atoms with Crippen molar-refractivity contribution in [3.05, 3.63) is 59.5 Å². The maximum atomic E-state index is 5.98. The Morgan fingerprint density at radius 3 is 2.69 bits per heavy atom. The fraction of sp³-hybridized carbons (Fsp3) is 0.300. The average Bonchev–Trinajstić information content (AvgIpc) is 3.44. The van der Waals surface area contributed by atoms with Crippen molar-refractivity contribution in [2.45, 2.75) is 33.2 Å². The summed E-state index contributed by atoms with van der Waals surface area (Å²) in [5, 5.41) is 9.75. The van der Waals surface area contributed by atoms with Crippen LogP contribution in [0.3, 0.4) is 0 Å². The van der Waals surface area contributed by atoms with Crippen LogP contribution in [0, 0.1) is 5.92 Å². The van der Waals surface area contributed by atoms with Crippen LogP contribution >= 0.6 is 11.3 Å². The zero-order chi connectivity index (χ0) is 18.4. The Bertz CT molecular complexity index is 865. The van der Waals surface area contributed by atoms with E-state index in [4.69, 9.17) is 5.73 Å². The molecule has 5 nitrogen and oxygen atoms in total. The molecule has 0 aliphatic heterocycles. The first-order valence-electron chi connectivity index (χ1n) is 9.03. The molecular weight excluding hydrogens is 342 g/mol. The summed E-state index contributed by atoms with van der Waals surface area (Å²) in [6.07, 6.45) is 5.95. The van der Waals surface area contributed by atoms with E-state index in [1.54, 1.807) is 17.7 Å². The number of nitrogens with one attached hydrogen (secondary N) is 2. The minimum absolute atomic E-state index is 0.586. The SMILES string of the molecule is CC.N/C(=C\Nc1ccc(CNc2ncnc3sccc23)cc1)C1CC1. The number of fused-ring (bicyclic) bond motifs is 1. The number of aromatic nitrogens is 2. The van der Waals surface area contributed by atoms with E-state index in [2.05, 4.69) is 44.9 Å². The van der Waals surface area contributed by atoms with Crippen LogP contribution in [-0.2, 0) is 6.54 Å². The zero-order valence-electron chi connectivity index (χ0n) is 15.2. The van der Waals surface area contributed by atoms with Crippen molar-refractivity contribution in [2.24, 2.45) is 11.7 Å². The molecule has 0 spiro atoms. The van der Waals surface area contributed by atoms with E-state index < -0.39 is 0 Å². The van der Waals surface area contributed by atoms with Crippen LogP contribution in [0.25, 0.3) is 10.2 Å². The quantitative estimate of drug-likeness (QED) is 0.574. The molecule has 1 fully saturated rings. The second-order valence-electron chi connectivity index (χ2n) is 5.98. The van der Waals surface area contributed by atoms with E-state index in [-0.39, 0.29) is 0 Å². The van der Waals surface area contributed by atoms with Crippen LogP contribution < -0.4 is 16.4 Å². The van der Waals surface area contributed by atoms with Crippen molar-refractivity contribution in [2.75, 3.05) is 10.6 Å². The molecule has 1 aliphatic carbocycles. The predicted molar refractivity (Wildman–Crippen MR) is 111 cm³/mol. The van der Waals surface area contributed by atoms with Crippen LogP contribution in [0.4, 0.5) is 11.5 Å². The summed E-state index contributed by atoms with van der Waals surface area (Å²) in [7, 11) is 0. The van der Waals surface area contributed by atoms with Crippen molar-refractivity contribution in [3.8, 4) is 0 Å². The van der Waals surface area contributed by atoms with Gasteiger partial charge in [0.2, 0.25) is 0 Å². The highest BCUT2D eigenvalue weighted by molar-refractivity contribution is 7.16. The highest BCUT2D eigenvalue weighted by Crippen LogP contribution is 2.33. The van der Waals surface area contributed by atoms with Gasteiger partial charge >= 0.3 is 0 Å². The summed E-state index contributed by atoms with van der Waals surface area (Å²) in [6.45, 7) is 4.72. The topological polar surface area (TPSA) is 75.9 Å². The third-order valence-electron chi connectivity index (χ3n) is 4.13. The number of benzene rings is 1. The first-order valence-corrected chi connectivity index (χ1v) is 9.90. The summed E-state index contributed by atoms with van der Waals surface area (Å²) < 4.78 is 0. The molecule has 1 aliphatic rings. The number of rotatable bonds is 6. The highest BCUT2D eigenvalue weighted by atomic mass is 32.1. The molecule has 4 rings (SSSR count). The van der Waals surface area contributed by atoms with E-state index >= 15 is 0 Å². The molecule has 1 aromatic carbocycles. The van der Waals surface area contributed by atoms with E-state index in [9.17, 15) is 0 Å². The first-order chi connectivity index (χ1) is 12.8. The second-order valence-corrected chi connectivity index (χ2v) is 6.87. The Hall–Kier alpha value is -2.60. The smallest absolute Gasteiger partial charge is 0.138 e. The number of hydrogen-bond acceptors (Lipinski definition) is 6. The summed E-state index contributed by atoms with van der Waals surface area (Å²) >= 11 is 1.62. The summed E-state index contributed by atoms with van der Waals surface area (Å²) in [4.78, 5) is 9.60. The standard InChI is InChI=1S/C18H19N5S.C2H6/c19-16(13-3-4-13)10-20-14-5-1-12(2-6-14)9-21-17-15-7-8-24-18(15)23-11-22-17;1-2/h1-2,5-8,10-11,13,20H,3-4,9,19H2,(H,21,22,23);1-2H3/b16-10-;. The van der Waals surface area contributed by atoms with Gasteiger partial charge in [0.05, 0.1) is 5.39 Å². The molecule has 0 saturated heterocycles. The van der Waals surface area contributed by atoms with Crippen molar-refractivity contribution in [1.82, 2.24) is 9.97 Å². The van der Waals surface area contributed by atoms with Gasteiger partial charge in [0.15, 0.2) is 0 Å². The first kappa shape index (κ1) is 18.2. The van der Waals surface area contributed by atoms with E-state index in [1.807, 2.05) is 31.5 Å². The lowest BCUT2D eigenvalue weighted by Gasteiger charge is -2.08. The monoisotopic (exact) mass is 367 g/mol. The Balaban J connectivity index is 0.000000948. The molecule has 3 aromatic rings. The summed E-state index contributed by atoms with van der Waals surface area (Å²) in [5.74, 6) is 1.46. The second kappa shape index (κ2) is 8.67. The number of nitrogens with two attached hydrogens (primary N) is 1. The molecule has 1 saturated carbocycles. The summed E-state index contributed by atoms with van der Waals surface area (Å²) in [5.41, 5.74) is 9.17. The van der Waals surface area contributed by atoms with Gasteiger partial charge in [-0.25, -0.2) is 9.97 Å². The molecule has 0 amide bonds. The fourth-order valence-electron chi connectivity index (χ4n) is 2.54. The average molecular weight is 368 g/mol. The predicted octanol–water partition coefficient (Wildman–Crippen LogP) is 4.95. The van der Waals surface area contributed by atoms with Crippen LogP contribution in [-0.4, -0.2) is 9.97 Å². The van der Waals surface area contributed by atoms with Crippen LogP contribution in [0.1, 0.15) is 32.3 Å². The number of hydrogen-bond donors (Lipinski definition) is 3. The maximum Gasteiger partial charge on any atom is 0.138 e. The normalized spacial score (nSPS) is 13.8. The molecular formula is C20H25N5S. The fourth-order valence-corrected chi connectivity index (χ4v) is 3.27. The van der Waals surface area contributed by atoms with Crippen molar-refractivity contribution >= 4 is 33.1 Å². The summed E-state index contributed by atoms with van der Waals surface area (Å²) in [6, 6.07) is 10.4. The third kappa shape index (κ3) is 4.52. The molecule has 0 radical (unpaired) electrons. The molecule has 2 aromatic heterocycles. The number of allylic oxidation sites excluding steroid dienone is 1. The zero-order valence-corrected chi connectivity index (χ0v) is 16.0. The molecule has 0 bridgehead atoms. The van der Waals surface area contributed by atoms with Crippen LogP contribution in [0.15, 0.2) is 53.9 Å². The van der Waals surface area contributed by atoms with Gasteiger partial charge in [-0.05, 0) is 47.9 Å². The maximum absolute atomic E-state index is 5.98. The highest BCUT2D eigenvalue weighted by Gasteiger charge is 2.23. The third-order valence-corrected chi connectivity index (χ3v) is 4.95. The molecule has 6 heteroatoms. The Labute approximate surface area is 158 Å². The Kier molecular flexibility index (Phi) is 6.07. The van der Waals surface area contributed by atoms with Crippen molar-refractivity contribution in [3.63, 3.8) is 0 Å². The molecule has 136 valence electrons. The van der Waals surface area contributed by atoms with Crippen molar-refractivity contribution < 1.29 is 0 Å². The van der Waals surface area contributed by atoms with Gasteiger partial charge < -0.3 is 16.4 Å². The van der Waals surface area contributed by atoms with E-state index in [1.165, 1.54) is 18.4 Å². The number of nitrogens with zero attached hydrogens (tertiary/aromatic N) is 2. The Morgan fingerprint density at radius 2 is 1.96 bits per heavy atom. The van der Waals surface area contributed by atoms with Gasteiger partial charge in [0.25, 0.3) is 0 Å². The van der Waals surface area contributed by atoms with Gasteiger partial charge in [-0.15, -0.1) is 11.3 Å². The van der Waals surface area contributed by atoms with Gasteiger partial charge in [-0.1, -0.05) is 26.0 Å². The number of thiophene rings is 1. The minimum Gasteiger partial charge on any atom is -0.401 e. The van der Waals surface area contributed by atoms with E-state index in [0.29, 0.717) is 5.92 Å². The molecule has 4 N–H and O–H groups in total. The van der Waals surface area contributed by atoms with Crippen LogP contribution in [0.2, 0.25) is 0 Å². The number of anilines is 2. The molecule has 0 unspecified atom stereocenters. The van der Waals surface area contributed by atoms with Crippen LogP contribution in [0.5, 0.6) is 0 Å². The molecule has 0 atom stereocenters. The largest absolute Gasteiger partial charge is 0.401 e. The molecule has 26 heavy (non-hydrogen) atoms.